The number of carbonyl (C=O) groups excluding carboxylic acids is 1. The van der Waals surface area contributed by atoms with Gasteiger partial charge in [0.05, 0.1) is 12.6 Å². The molecule has 0 bridgehead atoms. The van der Waals surface area contributed by atoms with Gasteiger partial charge in [-0.3, -0.25) is 4.79 Å². The maximum Gasteiger partial charge on any atom is 0.223 e. The summed E-state index contributed by atoms with van der Waals surface area (Å²) in [7, 11) is 0. The van der Waals surface area contributed by atoms with E-state index in [0.717, 1.165) is 30.4 Å². The van der Waals surface area contributed by atoms with Crippen LogP contribution < -0.4 is 0 Å². The first-order valence-electron chi connectivity index (χ1n) is 9.54. The number of nitrogens with zero attached hydrogens (tertiary/aromatic N) is 1. The number of ether oxygens (including phenoxy) is 1. The summed E-state index contributed by atoms with van der Waals surface area (Å²) in [4.78, 5) is 14.4. The van der Waals surface area contributed by atoms with Crippen LogP contribution in [0.5, 0.6) is 0 Å². The summed E-state index contributed by atoms with van der Waals surface area (Å²) in [5.74, 6) is 0.000285. The third kappa shape index (κ3) is 4.19. The molecule has 4 rings (SSSR count). The third-order valence-electron chi connectivity index (χ3n) is 5.35. The van der Waals surface area contributed by atoms with E-state index in [2.05, 4.69) is 0 Å². The lowest BCUT2D eigenvalue weighted by Gasteiger charge is -2.35. The Balaban J connectivity index is 1.72. The fourth-order valence-corrected chi connectivity index (χ4v) is 3.69. The lowest BCUT2D eigenvalue weighted by Crippen LogP contribution is -2.35. The minimum atomic E-state index is -0.418. The van der Waals surface area contributed by atoms with Gasteiger partial charge >= 0.3 is 0 Å². The van der Waals surface area contributed by atoms with Crippen LogP contribution in [0.1, 0.15) is 49.0 Å². The van der Waals surface area contributed by atoms with Gasteiger partial charge in [-0.1, -0.05) is 24.3 Å². The van der Waals surface area contributed by atoms with Gasteiger partial charge in [-0.25, -0.2) is 8.78 Å². The molecular weight excluding hydrogens is 348 g/mol. The fourth-order valence-electron chi connectivity index (χ4n) is 3.69. The molecule has 1 aliphatic heterocycles. The molecule has 1 aliphatic carbocycles. The maximum absolute atomic E-state index is 13.5. The van der Waals surface area contributed by atoms with Crippen molar-refractivity contribution in [1.82, 2.24) is 4.90 Å². The molecule has 1 saturated heterocycles. The SMILES string of the molecule is O=C1CCCN1[C@H](c1ccc(F)cc1)[C@H](OCC1CC1)c1ccc(F)cc1. The Kier molecular flexibility index (Phi) is 5.21. The van der Waals surface area contributed by atoms with Gasteiger partial charge in [-0.15, -0.1) is 0 Å². The summed E-state index contributed by atoms with van der Waals surface area (Å²) in [6.07, 6.45) is 3.20. The number of hydrogen-bond donors (Lipinski definition) is 0. The molecule has 1 amide bonds. The van der Waals surface area contributed by atoms with E-state index in [9.17, 15) is 13.6 Å². The first-order valence-corrected chi connectivity index (χ1v) is 9.54. The molecule has 0 N–H and O–H groups in total. The molecule has 3 nitrogen and oxygen atoms in total. The molecule has 1 heterocycles. The van der Waals surface area contributed by atoms with Crippen LogP contribution in [-0.2, 0) is 9.53 Å². The predicted octanol–water partition coefficient (Wildman–Crippen LogP) is 4.80. The van der Waals surface area contributed by atoms with Gasteiger partial charge in [0.1, 0.15) is 17.7 Å². The molecule has 0 spiro atoms. The second-order valence-electron chi connectivity index (χ2n) is 7.44. The summed E-state index contributed by atoms with van der Waals surface area (Å²) >= 11 is 0. The van der Waals surface area contributed by atoms with E-state index in [1.807, 2.05) is 4.90 Å². The first kappa shape index (κ1) is 18.1. The average molecular weight is 371 g/mol. The second kappa shape index (κ2) is 7.77. The molecule has 142 valence electrons. The molecule has 2 atom stereocenters. The Hall–Kier alpha value is -2.27. The molecule has 0 aromatic heterocycles. The van der Waals surface area contributed by atoms with Crippen molar-refractivity contribution in [3.63, 3.8) is 0 Å². The lowest BCUT2D eigenvalue weighted by molar-refractivity contribution is -0.133. The first-order chi connectivity index (χ1) is 13.1. The Labute approximate surface area is 157 Å². The Morgan fingerprint density at radius 1 is 0.963 bits per heavy atom. The number of benzene rings is 2. The summed E-state index contributed by atoms with van der Waals surface area (Å²) in [6, 6.07) is 12.1. The number of amides is 1. The lowest BCUT2D eigenvalue weighted by atomic mass is 9.94. The van der Waals surface area contributed by atoms with E-state index in [1.165, 1.54) is 24.3 Å². The molecule has 2 fully saturated rings. The Morgan fingerprint density at radius 3 is 2.07 bits per heavy atom. The quantitative estimate of drug-likeness (QED) is 0.700. The third-order valence-corrected chi connectivity index (χ3v) is 5.35. The van der Waals surface area contributed by atoms with Crippen LogP contribution in [0.3, 0.4) is 0 Å². The maximum atomic E-state index is 13.5. The zero-order valence-corrected chi connectivity index (χ0v) is 15.1. The summed E-state index contributed by atoms with van der Waals surface area (Å²) in [5, 5.41) is 0. The van der Waals surface area contributed by atoms with Crippen molar-refractivity contribution < 1.29 is 18.3 Å². The zero-order chi connectivity index (χ0) is 18.8. The minimum Gasteiger partial charge on any atom is -0.371 e. The molecule has 1 saturated carbocycles. The van der Waals surface area contributed by atoms with Crippen LogP contribution in [0.25, 0.3) is 0 Å². The number of likely N-dealkylation sites (tertiary alicyclic amines) is 1. The van der Waals surface area contributed by atoms with E-state index in [0.29, 0.717) is 25.5 Å². The van der Waals surface area contributed by atoms with Gasteiger partial charge in [0.15, 0.2) is 0 Å². The standard InChI is InChI=1S/C22H23F2NO2/c23-18-9-5-16(6-10-18)21(25-13-1-2-20(25)26)22(27-14-15-3-4-15)17-7-11-19(24)12-8-17/h5-12,15,21-22H,1-4,13-14H2/t21-,22-/m1/s1. The van der Waals surface area contributed by atoms with E-state index >= 15 is 0 Å². The van der Waals surface area contributed by atoms with E-state index < -0.39 is 6.10 Å². The van der Waals surface area contributed by atoms with Crippen molar-refractivity contribution in [2.45, 2.75) is 37.8 Å². The normalized spacial score (nSPS) is 19.3. The van der Waals surface area contributed by atoms with Crippen LogP contribution >= 0.6 is 0 Å². The van der Waals surface area contributed by atoms with Crippen LogP contribution in [0.4, 0.5) is 8.78 Å². The summed E-state index contributed by atoms with van der Waals surface area (Å²) in [6.45, 7) is 1.26. The highest BCUT2D eigenvalue weighted by molar-refractivity contribution is 5.78. The predicted molar refractivity (Wildman–Crippen MR) is 97.9 cm³/mol. The molecule has 0 unspecified atom stereocenters. The van der Waals surface area contributed by atoms with Gasteiger partial charge in [0, 0.05) is 13.0 Å². The largest absolute Gasteiger partial charge is 0.371 e. The number of hydrogen-bond acceptors (Lipinski definition) is 2. The molecule has 2 aliphatic rings. The van der Waals surface area contributed by atoms with Crippen molar-refractivity contribution in [3.05, 3.63) is 71.3 Å². The van der Waals surface area contributed by atoms with Crippen LogP contribution in [0.2, 0.25) is 0 Å². The van der Waals surface area contributed by atoms with Gasteiger partial charge in [-0.2, -0.15) is 0 Å². The molecule has 5 heteroatoms. The average Bonchev–Trinajstić information content (AvgIpc) is 3.41. The topological polar surface area (TPSA) is 29.5 Å². The number of carbonyl (C=O) groups is 1. The highest BCUT2D eigenvalue weighted by Gasteiger charge is 2.37. The van der Waals surface area contributed by atoms with Crippen molar-refractivity contribution in [1.29, 1.82) is 0 Å². The zero-order valence-electron chi connectivity index (χ0n) is 15.1. The second-order valence-corrected chi connectivity index (χ2v) is 7.44. The monoisotopic (exact) mass is 371 g/mol. The van der Waals surface area contributed by atoms with Gasteiger partial charge in [0.25, 0.3) is 0 Å². The smallest absolute Gasteiger partial charge is 0.223 e. The van der Waals surface area contributed by atoms with Crippen molar-refractivity contribution in [2.24, 2.45) is 5.92 Å². The van der Waals surface area contributed by atoms with Crippen molar-refractivity contribution in [3.8, 4) is 0 Å². The van der Waals surface area contributed by atoms with Crippen molar-refractivity contribution >= 4 is 5.91 Å². The number of rotatable bonds is 7. The van der Waals surface area contributed by atoms with Gasteiger partial charge in [-0.05, 0) is 60.6 Å². The van der Waals surface area contributed by atoms with E-state index in [4.69, 9.17) is 4.74 Å². The van der Waals surface area contributed by atoms with Crippen molar-refractivity contribution in [2.75, 3.05) is 13.2 Å². The highest BCUT2D eigenvalue weighted by atomic mass is 19.1. The van der Waals surface area contributed by atoms with Crippen LogP contribution in [0, 0.1) is 17.6 Å². The summed E-state index contributed by atoms with van der Waals surface area (Å²) < 4.78 is 33.2. The van der Waals surface area contributed by atoms with E-state index in [1.54, 1.807) is 24.3 Å². The van der Waals surface area contributed by atoms with Crippen LogP contribution in [0.15, 0.2) is 48.5 Å². The highest BCUT2D eigenvalue weighted by Crippen LogP contribution is 2.41. The van der Waals surface area contributed by atoms with Gasteiger partial charge < -0.3 is 9.64 Å². The summed E-state index contributed by atoms with van der Waals surface area (Å²) in [5.41, 5.74) is 1.66. The molecule has 2 aromatic carbocycles. The molecular formula is C22H23F2NO2. The Bertz CT molecular complexity index is 787. The molecule has 2 aromatic rings. The molecule has 27 heavy (non-hydrogen) atoms. The van der Waals surface area contributed by atoms with Gasteiger partial charge in [0.2, 0.25) is 5.91 Å². The van der Waals surface area contributed by atoms with Crippen LogP contribution in [-0.4, -0.2) is 24.0 Å². The molecule has 0 radical (unpaired) electrons. The van der Waals surface area contributed by atoms with E-state index in [-0.39, 0.29) is 23.6 Å². The Morgan fingerprint density at radius 2 is 1.56 bits per heavy atom. The number of halogens is 2. The minimum absolute atomic E-state index is 0.0754. The fraction of sp³-hybridized carbons (Fsp3) is 0.409.